The summed E-state index contributed by atoms with van der Waals surface area (Å²) < 4.78 is 5.74. The van der Waals surface area contributed by atoms with E-state index in [4.69, 9.17) is 4.74 Å². The molecule has 1 aliphatic rings. The number of morpholine rings is 1. The summed E-state index contributed by atoms with van der Waals surface area (Å²) in [5, 5.41) is 4.90. The Kier molecular flexibility index (Phi) is 6.39. The van der Waals surface area contributed by atoms with Gasteiger partial charge in [0.05, 0.1) is 19.7 Å². The van der Waals surface area contributed by atoms with Crippen LogP contribution in [-0.2, 0) is 19.1 Å². The van der Waals surface area contributed by atoms with Gasteiger partial charge < -0.3 is 20.3 Å². The van der Waals surface area contributed by atoms with E-state index >= 15 is 0 Å². The fourth-order valence-corrected chi connectivity index (χ4v) is 3.00. The summed E-state index contributed by atoms with van der Waals surface area (Å²) in [4.78, 5) is 38.0. The molecule has 0 unspecified atom stereocenters. The summed E-state index contributed by atoms with van der Waals surface area (Å²) in [6.45, 7) is 2.94. The van der Waals surface area contributed by atoms with Crippen molar-refractivity contribution in [2.24, 2.45) is 0 Å². The molecule has 0 aromatic heterocycles. The number of rotatable bonds is 4. The number of ether oxygens (including phenoxy) is 1. The normalized spacial score (nSPS) is 16.3. The average molecular weight is 381 g/mol. The first-order chi connectivity index (χ1) is 13.5. The molecule has 2 aromatic rings. The van der Waals surface area contributed by atoms with Gasteiger partial charge in [0.2, 0.25) is 5.91 Å². The monoisotopic (exact) mass is 381 g/mol. The van der Waals surface area contributed by atoms with Crippen molar-refractivity contribution in [3.63, 3.8) is 0 Å². The quantitative estimate of drug-likeness (QED) is 0.789. The van der Waals surface area contributed by atoms with E-state index < -0.39 is 11.8 Å². The number of benzene rings is 2. The molecule has 0 radical (unpaired) electrons. The standard InChI is InChI=1S/C21H23N3O4/c1-15-6-5-9-17(12-15)23-21(27)20(26)22-13-19(25)24-10-11-28-18(14-24)16-7-3-2-4-8-16/h2-9,12,18H,10-11,13-14H2,1H3,(H,22,26)(H,23,27)/t18-/m1/s1. The molecule has 3 amide bonds. The minimum Gasteiger partial charge on any atom is -0.370 e. The Bertz CT molecular complexity index is 854. The molecule has 1 fully saturated rings. The molecule has 3 rings (SSSR count). The molecule has 7 heteroatoms. The largest absolute Gasteiger partial charge is 0.370 e. The van der Waals surface area contributed by atoms with Crippen LogP contribution in [0.15, 0.2) is 54.6 Å². The minimum absolute atomic E-state index is 0.195. The Hall–Kier alpha value is -3.19. The van der Waals surface area contributed by atoms with Crippen LogP contribution in [0.1, 0.15) is 17.2 Å². The summed E-state index contributed by atoms with van der Waals surface area (Å²) in [5.41, 5.74) is 2.50. The zero-order chi connectivity index (χ0) is 19.9. The van der Waals surface area contributed by atoms with E-state index in [9.17, 15) is 14.4 Å². The van der Waals surface area contributed by atoms with Gasteiger partial charge in [-0.25, -0.2) is 0 Å². The van der Waals surface area contributed by atoms with Gasteiger partial charge in [0.1, 0.15) is 6.10 Å². The highest BCUT2D eigenvalue weighted by molar-refractivity contribution is 6.39. The Morgan fingerprint density at radius 2 is 1.86 bits per heavy atom. The van der Waals surface area contributed by atoms with Gasteiger partial charge in [-0.15, -0.1) is 0 Å². The predicted octanol–water partition coefficient (Wildman–Crippen LogP) is 1.65. The molecule has 0 spiro atoms. The molecule has 2 aromatic carbocycles. The predicted molar refractivity (Wildman–Crippen MR) is 105 cm³/mol. The number of carbonyl (C=O) groups is 3. The van der Waals surface area contributed by atoms with E-state index in [-0.39, 0.29) is 18.6 Å². The van der Waals surface area contributed by atoms with Gasteiger partial charge in [0, 0.05) is 12.2 Å². The van der Waals surface area contributed by atoms with Gasteiger partial charge >= 0.3 is 11.8 Å². The number of aryl methyl sites for hydroxylation is 1. The second kappa shape index (κ2) is 9.14. The molecule has 0 bridgehead atoms. The summed E-state index contributed by atoms with van der Waals surface area (Å²) >= 11 is 0. The van der Waals surface area contributed by atoms with Crippen molar-refractivity contribution >= 4 is 23.4 Å². The van der Waals surface area contributed by atoms with Crippen molar-refractivity contribution in [2.75, 3.05) is 31.6 Å². The van der Waals surface area contributed by atoms with Crippen LogP contribution in [0.5, 0.6) is 0 Å². The van der Waals surface area contributed by atoms with E-state index in [0.717, 1.165) is 11.1 Å². The average Bonchev–Trinajstić information content (AvgIpc) is 2.72. The maximum absolute atomic E-state index is 12.4. The maximum atomic E-state index is 12.4. The first-order valence-electron chi connectivity index (χ1n) is 9.13. The lowest BCUT2D eigenvalue weighted by Gasteiger charge is -2.33. The third-order valence-corrected chi connectivity index (χ3v) is 4.47. The van der Waals surface area contributed by atoms with E-state index in [0.29, 0.717) is 25.4 Å². The summed E-state index contributed by atoms with van der Waals surface area (Å²) in [7, 11) is 0. The van der Waals surface area contributed by atoms with Crippen molar-refractivity contribution in [2.45, 2.75) is 13.0 Å². The minimum atomic E-state index is -0.845. The van der Waals surface area contributed by atoms with Crippen LogP contribution in [0.2, 0.25) is 0 Å². The molecule has 2 N–H and O–H groups in total. The number of hydrogen-bond acceptors (Lipinski definition) is 4. The molecule has 0 saturated carbocycles. The fourth-order valence-electron chi connectivity index (χ4n) is 3.00. The molecule has 1 aliphatic heterocycles. The second-order valence-electron chi connectivity index (χ2n) is 6.62. The fraction of sp³-hybridized carbons (Fsp3) is 0.286. The van der Waals surface area contributed by atoms with Crippen LogP contribution >= 0.6 is 0 Å². The number of amides is 3. The van der Waals surface area contributed by atoms with Crippen LogP contribution in [0.4, 0.5) is 5.69 Å². The van der Waals surface area contributed by atoms with Crippen LogP contribution in [0, 0.1) is 6.92 Å². The number of nitrogens with one attached hydrogen (secondary N) is 2. The molecular weight excluding hydrogens is 358 g/mol. The van der Waals surface area contributed by atoms with Crippen molar-refractivity contribution in [3.05, 3.63) is 65.7 Å². The number of carbonyl (C=O) groups excluding carboxylic acids is 3. The van der Waals surface area contributed by atoms with Crippen LogP contribution in [0.25, 0.3) is 0 Å². The van der Waals surface area contributed by atoms with Gasteiger partial charge in [0.25, 0.3) is 0 Å². The van der Waals surface area contributed by atoms with Crippen molar-refractivity contribution < 1.29 is 19.1 Å². The summed E-state index contributed by atoms with van der Waals surface area (Å²) in [6.07, 6.45) is -0.195. The second-order valence-corrected chi connectivity index (χ2v) is 6.62. The molecular formula is C21H23N3O4. The summed E-state index contributed by atoms with van der Waals surface area (Å²) in [6, 6.07) is 16.8. The Balaban J connectivity index is 1.49. The molecule has 1 atom stereocenters. The van der Waals surface area contributed by atoms with Gasteiger partial charge in [0.15, 0.2) is 0 Å². The van der Waals surface area contributed by atoms with Crippen LogP contribution < -0.4 is 10.6 Å². The van der Waals surface area contributed by atoms with Gasteiger partial charge in [-0.3, -0.25) is 14.4 Å². The van der Waals surface area contributed by atoms with E-state index in [1.54, 1.807) is 23.1 Å². The summed E-state index contributed by atoms with van der Waals surface area (Å²) in [5.74, 6) is -1.90. The Labute approximate surface area is 163 Å². The number of hydrogen-bond donors (Lipinski definition) is 2. The lowest BCUT2D eigenvalue weighted by atomic mass is 10.1. The van der Waals surface area contributed by atoms with E-state index in [1.807, 2.05) is 43.3 Å². The highest BCUT2D eigenvalue weighted by atomic mass is 16.5. The van der Waals surface area contributed by atoms with Gasteiger partial charge in [-0.05, 0) is 30.2 Å². The smallest absolute Gasteiger partial charge is 0.313 e. The zero-order valence-electron chi connectivity index (χ0n) is 15.7. The number of anilines is 1. The van der Waals surface area contributed by atoms with Crippen molar-refractivity contribution in [1.82, 2.24) is 10.2 Å². The molecule has 146 valence electrons. The first kappa shape index (κ1) is 19.6. The Morgan fingerprint density at radius 1 is 1.07 bits per heavy atom. The van der Waals surface area contributed by atoms with Crippen LogP contribution in [0.3, 0.4) is 0 Å². The number of nitrogens with zero attached hydrogens (tertiary/aromatic N) is 1. The van der Waals surface area contributed by atoms with Crippen molar-refractivity contribution in [3.8, 4) is 0 Å². The van der Waals surface area contributed by atoms with Crippen molar-refractivity contribution in [1.29, 1.82) is 0 Å². The highest BCUT2D eigenvalue weighted by Gasteiger charge is 2.26. The topological polar surface area (TPSA) is 87.7 Å². The lowest BCUT2D eigenvalue weighted by molar-refractivity contribution is -0.141. The van der Waals surface area contributed by atoms with Gasteiger partial charge in [-0.1, -0.05) is 42.5 Å². The van der Waals surface area contributed by atoms with Crippen LogP contribution in [-0.4, -0.2) is 48.9 Å². The highest BCUT2D eigenvalue weighted by Crippen LogP contribution is 2.21. The SMILES string of the molecule is Cc1cccc(NC(=O)C(=O)NCC(=O)N2CCO[C@@H](c3ccccc3)C2)c1. The molecule has 7 nitrogen and oxygen atoms in total. The van der Waals surface area contributed by atoms with Gasteiger partial charge in [-0.2, -0.15) is 0 Å². The Morgan fingerprint density at radius 3 is 2.61 bits per heavy atom. The maximum Gasteiger partial charge on any atom is 0.313 e. The third kappa shape index (κ3) is 5.17. The van der Waals surface area contributed by atoms with E-state index in [2.05, 4.69) is 10.6 Å². The van der Waals surface area contributed by atoms with E-state index in [1.165, 1.54) is 0 Å². The lowest BCUT2D eigenvalue weighted by Crippen LogP contribution is -2.48. The third-order valence-electron chi connectivity index (χ3n) is 4.47. The zero-order valence-corrected chi connectivity index (χ0v) is 15.7. The molecule has 0 aliphatic carbocycles. The molecule has 28 heavy (non-hydrogen) atoms. The first-order valence-corrected chi connectivity index (χ1v) is 9.13. The molecule has 1 heterocycles. The molecule has 1 saturated heterocycles.